The Balaban J connectivity index is 2.14. The summed E-state index contributed by atoms with van der Waals surface area (Å²) in [6.45, 7) is 18.0. The van der Waals surface area contributed by atoms with Gasteiger partial charge in [-0.1, -0.05) is 6.92 Å². The van der Waals surface area contributed by atoms with Crippen LogP contribution in [0.3, 0.4) is 0 Å². The smallest absolute Gasteiger partial charge is 0.265 e. The lowest BCUT2D eigenvalue weighted by Gasteiger charge is -2.50. The van der Waals surface area contributed by atoms with Crippen molar-refractivity contribution >= 4 is 40.9 Å². The van der Waals surface area contributed by atoms with Crippen molar-refractivity contribution in [3.05, 3.63) is 34.4 Å². The summed E-state index contributed by atoms with van der Waals surface area (Å²) in [6.07, 6.45) is 2.82. The highest BCUT2D eigenvalue weighted by atomic mass is 32.1. The number of carbonyl (C=O) groups is 2. The standard InChI is InChI=1S/C25H35N3O2S/c1-9-26-22(29)20(23(30)27(10-2)24(26)31)13-18-12-19-17(6)14-25(7,8)28(15(3)4)21(19)11-16(18)5/h11-13,15,17H,9-10,14H2,1-8H3/t17-/m0/s1. The van der Waals surface area contributed by atoms with Gasteiger partial charge in [0, 0.05) is 30.4 Å². The largest absolute Gasteiger partial charge is 0.364 e. The molecule has 2 aliphatic heterocycles. The number of hydrogen-bond acceptors (Lipinski definition) is 4. The molecule has 0 bridgehead atoms. The first kappa shape index (κ1) is 23.5. The molecular weight excluding hydrogens is 406 g/mol. The molecule has 0 radical (unpaired) electrons. The van der Waals surface area contributed by atoms with Crippen molar-refractivity contribution in [2.24, 2.45) is 0 Å². The number of anilines is 1. The number of benzene rings is 1. The van der Waals surface area contributed by atoms with E-state index in [9.17, 15) is 9.59 Å². The van der Waals surface area contributed by atoms with Crippen LogP contribution in [-0.4, -0.2) is 51.4 Å². The molecule has 5 nitrogen and oxygen atoms in total. The average Bonchev–Trinajstić information content (AvgIpc) is 2.65. The average molecular weight is 442 g/mol. The summed E-state index contributed by atoms with van der Waals surface area (Å²) in [4.78, 5) is 31.6. The van der Waals surface area contributed by atoms with Gasteiger partial charge in [-0.15, -0.1) is 0 Å². The molecule has 1 atom stereocenters. The molecule has 1 saturated heterocycles. The molecule has 0 aliphatic carbocycles. The SMILES string of the molecule is CCN1C(=O)C(=Cc2cc3c(cc2C)N(C(C)C)C(C)(C)C[C@@H]3C)C(=O)N(CC)C1=S. The van der Waals surface area contributed by atoms with Crippen molar-refractivity contribution < 1.29 is 9.59 Å². The second-order valence-corrected chi connectivity index (χ2v) is 9.95. The summed E-state index contributed by atoms with van der Waals surface area (Å²) in [5.74, 6) is -0.225. The maximum Gasteiger partial charge on any atom is 0.265 e. The third-order valence-corrected chi connectivity index (χ3v) is 6.97. The first-order chi connectivity index (χ1) is 14.4. The van der Waals surface area contributed by atoms with Gasteiger partial charge in [0.15, 0.2) is 5.11 Å². The van der Waals surface area contributed by atoms with E-state index < -0.39 is 0 Å². The van der Waals surface area contributed by atoms with Crippen LogP contribution in [0, 0.1) is 6.92 Å². The molecule has 1 aromatic carbocycles. The summed E-state index contributed by atoms with van der Waals surface area (Å²) < 4.78 is 0. The molecule has 2 heterocycles. The highest BCUT2D eigenvalue weighted by Gasteiger charge is 2.39. The van der Waals surface area contributed by atoms with Crippen molar-refractivity contribution in [1.82, 2.24) is 9.80 Å². The van der Waals surface area contributed by atoms with Crippen LogP contribution in [0.4, 0.5) is 5.69 Å². The number of fused-ring (bicyclic) bond motifs is 1. The van der Waals surface area contributed by atoms with E-state index in [-0.39, 0.29) is 22.9 Å². The van der Waals surface area contributed by atoms with Gasteiger partial charge in [0.25, 0.3) is 11.8 Å². The van der Waals surface area contributed by atoms with Crippen molar-refractivity contribution in [1.29, 1.82) is 0 Å². The number of rotatable bonds is 4. The first-order valence-electron chi connectivity index (χ1n) is 11.3. The number of likely N-dealkylation sites (N-methyl/N-ethyl adjacent to an activating group) is 2. The van der Waals surface area contributed by atoms with Crippen LogP contribution in [0.1, 0.15) is 77.5 Å². The third kappa shape index (κ3) is 3.91. The minimum atomic E-state index is -0.308. The lowest BCUT2D eigenvalue weighted by Crippen LogP contribution is -2.55. The fraction of sp³-hybridized carbons (Fsp3) is 0.560. The maximum absolute atomic E-state index is 13.0. The van der Waals surface area contributed by atoms with Gasteiger partial charge in [-0.05, 0) is 108 Å². The molecule has 0 N–H and O–H groups in total. The van der Waals surface area contributed by atoms with Gasteiger partial charge in [-0.25, -0.2) is 0 Å². The number of aryl methyl sites for hydroxylation is 1. The van der Waals surface area contributed by atoms with Crippen molar-refractivity contribution in [2.75, 3.05) is 18.0 Å². The van der Waals surface area contributed by atoms with E-state index in [0.717, 1.165) is 17.5 Å². The molecule has 0 saturated carbocycles. The Hall–Kier alpha value is -2.21. The predicted molar refractivity (Wildman–Crippen MR) is 131 cm³/mol. The molecule has 6 heteroatoms. The van der Waals surface area contributed by atoms with Crippen molar-refractivity contribution in [3.8, 4) is 0 Å². The molecule has 3 rings (SSSR count). The van der Waals surface area contributed by atoms with E-state index in [1.807, 2.05) is 13.8 Å². The molecule has 2 aliphatic rings. The van der Waals surface area contributed by atoms with Gasteiger partial charge < -0.3 is 4.90 Å². The summed E-state index contributed by atoms with van der Waals surface area (Å²) in [7, 11) is 0. The molecule has 31 heavy (non-hydrogen) atoms. The van der Waals surface area contributed by atoms with Crippen LogP contribution in [0.5, 0.6) is 0 Å². The topological polar surface area (TPSA) is 43.9 Å². The van der Waals surface area contributed by atoms with Crippen molar-refractivity contribution in [3.63, 3.8) is 0 Å². The van der Waals surface area contributed by atoms with E-state index in [2.05, 4.69) is 58.6 Å². The molecule has 1 aromatic rings. The zero-order valence-corrected chi connectivity index (χ0v) is 20.9. The second-order valence-electron chi connectivity index (χ2n) is 9.59. The maximum atomic E-state index is 13.0. The van der Waals surface area contributed by atoms with E-state index in [1.54, 1.807) is 6.08 Å². The number of thiocarbonyl (C=S) groups is 1. The molecule has 0 spiro atoms. The van der Waals surface area contributed by atoms with Gasteiger partial charge in [-0.3, -0.25) is 19.4 Å². The van der Waals surface area contributed by atoms with Gasteiger partial charge in [0.2, 0.25) is 0 Å². The van der Waals surface area contributed by atoms with Crippen LogP contribution < -0.4 is 4.90 Å². The minimum Gasteiger partial charge on any atom is -0.364 e. The Kier molecular flexibility index (Phi) is 6.34. The molecular formula is C25H35N3O2S. The lowest BCUT2D eigenvalue weighted by atomic mass is 9.78. The number of carbonyl (C=O) groups excluding carboxylic acids is 2. The predicted octanol–water partition coefficient (Wildman–Crippen LogP) is 4.87. The Morgan fingerprint density at radius 3 is 2.16 bits per heavy atom. The van der Waals surface area contributed by atoms with E-state index >= 15 is 0 Å². The summed E-state index contributed by atoms with van der Waals surface area (Å²) in [5.41, 5.74) is 4.76. The Labute approximate surface area is 192 Å². The van der Waals surface area contributed by atoms with Gasteiger partial charge in [-0.2, -0.15) is 0 Å². The van der Waals surface area contributed by atoms with Gasteiger partial charge in [0.1, 0.15) is 5.57 Å². The summed E-state index contributed by atoms with van der Waals surface area (Å²) in [6, 6.07) is 4.77. The second kappa shape index (κ2) is 8.38. The zero-order chi connectivity index (χ0) is 23.2. The van der Waals surface area contributed by atoms with Gasteiger partial charge in [0.05, 0.1) is 0 Å². The Bertz CT molecular complexity index is 936. The Morgan fingerprint density at radius 2 is 1.68 bits per heavy atom. The van der Waals surface area contributed by atoms with Crippen LogP contribution >= 0.6 is 12.2 Å². The molecule has 0 unspecified atom stereocenters. The van der Waals surface area contributed by atoms with Crippen LogP contribution in [-0.2, 0) is 9.59 Å². The highest BCUT2D eigenvalue weighted by Crippen LogP contribution is 2.45. The van der Waals surface area contributed by atoms with E-state index in [4.69, 9.17) is 12.2 Å². The van der Waals surface area contributed by atoms with E-state index in [0.29, 0.717) is 30.2 Å². The monoisotopic (exact) mass is 441 g/mol. The van der Waals surface area contributed by atoms with E-state index in [1.165, 1.54) is 21.1 Å². The van der Waals surface area contributed by atoms with Crippen LogP contribution in [0.15, 0.2) is 17.7 Å². The number of hydrogen-bond donors (Lipinski definition) is 0. The normalized spacial score (nSPS) is 21.2. The lowest BCUT2D eigenvalue weighted by molar-refractivity contribution is -0.133. The molecule has 2 amide bonds. The first-order valence-corrected chi connectivity index (χ1v) is 11.7. The fourth-order valence-corrected chi connectivity index (χ4v) is 5.71. The molecule has 1 fully saturated rings. The fourth-order valence-electron chi connectivity index (χ4n) is 5.29. The summed E-state index contributed by atoms with van der Waals surface area (Å²) >= 11 is 5.38. The molecule has 168 valence electrons. The summed E-state index contributed by atoms with van der Waals surface area (Å²) in [5, 5.41) is 0.294. The Morgan fingerprint density at radius 1 is 1.13 bits per heavy atom. The van der Waals surface area contributed by atoms with Gasteiger partial charge >= 0.3 is 0 Å². The number of amides is 2. The minimum absolute atomic E-state index is 0.0707. The van der Waals surface area contributed by atoms with Crippen molar-refractivity contribution in [2.45, 2.75) is 79.3 Å². The third-order valence-electron chi connectivity index (χ3n) is 6.53. The highest BCUT2D eigenvalue weighted by molar-refractivity contribution is 7.80. The quantitative estimate of drug-likeness (QED) is 0.380. The van der Waals surface area contributed by atoms with Crippen LogP contribution in [0.2, 0.25) is 0 Å². The molecule has 0 aromatic heterocycles. The van der Waals surface area contributed by atoms with Crippen LogP contribution in [0.25, 0.3) is 6.08 Å². The zero-order valence-electron chi connectivity index (χ0n) is 20.1. The number of nitrogens with zero attached hydrogens (tertiary/aromatic N) is 3.